The molecule has 0 aliphatic rings. The van der Waals surface area contributed by atoms with E-state index in [2.05, 4.69) is 34.6 Å². The minimum absolute atomic E-state index is 0.443. The predicted molar refractivity (Wildman–Crippen MR) is 99.1 cm³/mol. The van der Waals surface area contributed by atoms with Gasteiger partial charge in [0.05, 0.1) is 6.61 Å². The number of ether oxygens (including phenoxy) is 1. The minimum Gasteiger partial charge on any atom is -0.380 e. The highest BCUT2D eigenvalue weighted by molar-refractivity contribution is 7.99. The molecule has 0 bridgehead atoms. The molecule has 0 heterocycles. The number of hydrogen-bond donors (Lipinski definition) is 2. The first kappa shape index (κ1) is 17.4. The number of para-hydroxylation sites is 1. The molecular weight excluding hydrogens is 306 g/mol. The summed E-state index contributed by atoms with van der Waals surface area (Å²) in [7, 11) is 1.68. The van der Waals surface area contributed by atoms with E-state index in [0.717, 1.165) is 23.4 Å². The second-order valence-electron chi connectivity index (χ2n) is 5.00. The van der Waals surface area contributed by atoms with Gasteiger partial charge < -0.3 is 15.8 Å². The molecule has 5 heteroatoms. The number of nitrogens with two attached hydrogens (primary N) is 1. The Morgan fingerprint density at radius 3 is 2.65 bits per heavy atom. The summed E-state index contributed by atoms with van der Waals surface area (Å²) < 4.78 is 5.18. The normalized spacial score (nSPS) is 11.4. The van der Waals surface area contributed by atoms with E-state index in [4.69, 9.17) is 10.5 Å². The number of nitrogens with one attached hydrogen (secondary N) is 1. The maximum atomic E-state index is 5.96. The second kappa shape index (κ2) is 9.92. The highest BCUT2D eigenvalue weighted by atomic mass is 32.2. The molecule has 0 aliphatic carbocycles. The van der Waals surface area contributed by atoms with Crippen LogP contribution in [0.1, 0.15) is 12.0 Å². The van der Waals surface area contributed by atoms with Gasteiger partial charge in [-0.3, -0.25) is 4.99 Å². The van der Waals surface area contributed by atoms with Gasteiger partial charge in [0, 0.05) is 29.8 Å². The molecule has 0 spiro atoms. The number of methoxy groups -OCH3 is 1. The average molecular weight is 329 g/mol. The van der Waals surface area contributed by atoms with Crippen molar-refractivity contribution in [3.8, 4) is 0 Å². The van der Waals surface area contributed by atoms with E-state index >= 15 is 0 Å². The molecule has 23 heavy (non-hydrogen) atoms. The van der Waals surface area contributed by atoms with E-state index < -0.39 is 0 Å². The molecule has 0 aliphatic heterocycles. The molecule has 3 N–H and O–H groups in total. The molecule has 0 fully saturated rings. The van der Waals surface area contributed by atoms with Gasteiger partial charge in [0.2, 0.25) is 0 Å². The minimum atomic E-state index is 0.443. The Hall–Kier alpha value is -1.98. The number of rotatable bonds is 8. The topological polar surface area (TPSA) is 59.6 Å². The zero-order valence-corrected chi connectivity index (χ0v) is 14.2. The van der Waals surface area contributed by atoms with E-state index in [0.29, 0.717) is 19.1 Å². The first-order valence-corrected chi connectivity index (χ1v) is 8.60. The maximum Gasteiger partial charge on any atom is 0.193 e. The summed E-state index contributed by atoms with van der Waals surface area (Å²) in [5.41, 5.74) is 7.96. The Bertz CT molecular complexity index is 617. The van der Waals surface area contributed by atoms with Crippen molar-refractivity contribution in [3.63, 3.8) is 0 Å². The van der Waals surface area contributed by atoms with Crippen molar-refractivity contribution in [2.75, 3.05) is 24.7 Å². The van der Waals surface area contributed by atoms with Gasteiger partial charge in [-0.25, -0.2) is 0 Å². The third kappa shape index (κ3) is 6.34. The number of hydrogen-bond acceptors (Lipinski definition) is 3. The average Bonchev–Trinajstić information content (AvgIpc) is 2.57. The highest BCUT2D eigenvalue weighted by Gasteiger charge is 2.02. The summed E-state index contributed by atoms with van der Waals surface area (Å²) in [4.78, 5) is 5.67. The number of guanidine groups is 1. The molecule has 0 saturated carbocycles. The lowest BCUT2D eigenvalue weighted by molar-refractivity contribution is 0.185. The number of thioether (sulfide) groups is 1. The number of aliphatic imine (C=N–C) groups is 1. The lowest BCUT2D eigenvalue weighted by Gasteiger charge is -2.10. The van der Waals surface area contributed by atoms with Crippen LogP contribution in [0.2, 0.25) is 0 Å². The van der Waals surface area contributed by atoms with Crippen molar-refractivity contribution in [1.29, 1.82) is 0 Å². The van der Waals surface area contributed by atoms with Crippen LogP contribution in [0.3, 0.4) is 0 Å². The van der Waals surface area contributed by atoms with Crippen LogP contribution in [0, 0.1) is 0 Å². The van der Waals surface area contributed by atoms with Gasteiger partial charge in [0.15, 0.2) is 5.96 Å². The molecular formula is C18H23N3OS. The summed E-state index contributed by atoms with van der Waals surface area (Å²) in [6, 6.07) is 18.3. The Morgan fingerprint density at radius 1 is 1.13 bits per heavy atom. The Kier molecular flexibility index (Phi) is 7.49. The third-order valence-electron chi connectivity index (χ3n) is 3.18. The third-order valence-corrected chi connectivity index (χ3v) is 4.27. The van der Waals surface area contributed by atoms with Gasteiger partial charge in [0.1, 0.15) is 0 Å². The lowest BCUT2D eigenvalue weighted by atomic mass is 10.2. The molecule has 0 unspecified atom stereocenters. The summed E-state index contributed by atoms with van der Waals surface area (Å²) in [6.07, 6.45) is 0.988. The van der Waals surface area contributed by atoms with E-state index in [1.165, 1.54) is 4.90 Å². The molecule has 0 aromatic heterocycles. The Labute approximate surface area is 142 Å². The quantitative estimate of drug-likeness (QED) is 0.335. The Morgan fingerprint density at radius 2 is 1.87 bits per heavy atom. The Balaban J connectivity index is 1.75. The van der Waals surface area contributed by atoms with Gasteiger partial charge in [-0.15, -0.1) is 11.8 Å². The highest BCUT2D eigenvalue weighted by Crippen LogP contribution is 2.18. The van der Waals surface area contributed by atoms with Crippen LogP contribution in [0.4, 0.5) is 5.69 Å². The van der Waals surface area contributed by atoms with Crippen molar-refractivity contribution in [3.05, 3.63) is 60.2 Å². The van der Waals surface area contributed by atoms with E-state index in [9.17, 15) is 0 Å². The van der Waals surface area contributed by atoms with Crippen LogP contribution in [0.15, 0.2) is 64.5 Å². The molecule has 2 rings (SSSR count). The molecule has 122 valence electrons. The van der Waals surface area contributed by atoms with Crippen molar-refractivity contribution in [2.45, 2.75) is 17.9 Å². The van der Waals surface area contributed by atoms with E-state index in [-0.39, 0.29) is 0 Å². The van der Waals surface area contributed by atoms with Gasteiger partial charge in [-0.1, -0.05) is 36.4 Å². The van der Waals surface area contributed by atoms with Crippen molar-refractivity contribution < 1.29 is 4.74 Å². The molecule has 0 amide bonds. The fraction of sp³-hybridized carbons (Fsp3) is 0.278. The van der Waals surface area contributed by atoms with Gasteiger partial charge in [0.25, 0.3) is 0 Å². The van der Waals surface area contributed by atoms with Crippen LogP contribution in [-0.2, 0) is 11.3 Å². The smallest absolute Gasteiger partial charge is 0.193 e. The number of anilines is 1. The molecule has 0 radical (unpaired) electrons. The predicted octanol–water partition coefficient (Wildman–Crippen LogP) is 3.74. The van der Waals surface area contributed by atoms with Crippen LogP contribution in [0.25, 0.3) is 0 Å². The fourth-order valence-electron chi connectivity index (χ4n) is 2.07. The van der Waals surface area contributed by atoms with Crippen molar-refractivity contribution in [1.82, 2.24) is 0 Å². The van der Waals surface area contributed by atoms with Gasteiger partial charge >= 0.3 is 0 Å². The summed E-state index contributed by atoms with van der Waals surface area (Å²) >= 11 is 1.84. The molecule has 0 saturated heterocycles. The van der Waals surface area contributed by atoms with Gasteiger partial charge in [-0.05, 0) is 30.4 Å². The molecule has 4 nitrogen and oxygen atoms in total. The zero-order chi connectivity index (χ0) is 16.3. The molecule has 2 aromatic rings. The fourth-order valence-corrected chi connectivity index (χ4v) is 2.93. The first-order valence-electron chi connectivity index (χ1n) is 7.61. The van der Waals surface area contributed by atoms with Crippen LogP contribution in [-0.4, -0.2) is 25.4 Å². The maximum absolute atomic E-state index is 5.96. The summed E-state index contributed by atoms with van der Waals surface area (Å²) in [6.45, 7) is 1.26. The zero-order valence-electron chi connectivity index (χ0n) is 13.4. The first-order chi connectivity index (χ1) is 11.3. The van der Waals surface area contributed by atoms with Crippen molar-refractivity contribution in [2.24, 2.45) is 10.7 Å². The van der Waals surface area contributed by atoms with Crippen LogP contribution in [0.5, 0.6) is 0 Å². The van der Waals surface area contributed by atoms with Crippen molar-refractivity contribution >= 4 is 23.4 Å². The lowest BCUT2D eigenvalue weighted by Crippen LogP contribution is -2.23. The standard InChI is InChI=1S/C18H23N3OS/c1-22-14-15-8-5-6-11-17(15)21-18(19)20-12-7-13-23-16-9-3-2-4-10-16/h2-6,8-11H,7,12-14H2,1H3,(H3,19,20,21). The largest absolute Gasteiger partial charge is 0.380 e. The van der Waals surface area contributed by atoms with Crippen LogP contribution < -0.4 is 11.1 Å². The molecule has 0 atom stereocenters. The monoisotopic (exact) mass is 329 g/mol. The van der Waals surface area contributed by atoms with E-state index in [1.807, 2.05) is 42.1 Å². The number of nitrogens with zero attached hydrogens (tertiary/aromatic N) is 1. The summed E-state index contributed by atoms with van der Waals surface area (Å²) in [5.74, 6) is 1.47. The number of benzene rings is 2. The molecule has 2 aromatic carbocycles. The second-order valence-corrected chi connectivity index (χ2v) is 6.17. The van der Waals surface area contributed by atoms with Gasteiger partial charge in [-0.2, -0.15) is 0 Å². The summed E-state index contributed by atoms with van der Waals surface area (Å²) in [5, 5.41) is 3.14. The van der Waals surface area contributed by atoms with E-state index in [1.54, 1.807) is 7.11 Å². The SMILES string of the molecule is COCc1ccccc1NC(N)=NCCCSc1ccccc1. The van der Waals surface area contributed by atoms with Crippen LogP contribution >= 0.6 is 11.8 Å².